The number of hydrogen-bond acceptors (Lipinski definition) is 2. The summed E-state index contributed by atoms with van der Waals surface area (Å²) in [4.78, 5) is 0. The summed E-state index contributed by atoms with van der Waals surface area (Å²) in [5.74, 6) is 5.55. The van der Waals surface area contributed by atoms with Crippen LogP contribution in [-0.4, -0.2) is 16.3 Å². The van der Waals surface area contributed by atoms with E-state index in [0.29, 0.717) is 0 Å². The minimum atomic E-state index is 0.0245. The maximum Gasteiger partial charge on any atom is 0.0607 e. The van der Waals surface area contributed by atoms with Gasteiger partial charge in [0.25, 0.3) is 0 Å². The predicted octanol–water partition coefficient (Wildman–Crippen LogP) is 3.70. The van der Waals surface area contributed by atoms with Crippen LogP contribution < -0.4 is 0 Å². The van der Waals surface area contributed by atoms with Gasteiger partial charge in [0.15, 0.2) is 0 Å². The molecule has 2 nitrogen and oxygen atoms in total. The first kappa shape index (κ1) is 14.7. The number of rotatable bonds is 2. The van der Waals surface area contributed by atoms with Gasteiger partial charge in [0, 0.05) is 11.5 Å². The molecule has 1 aliphatic carbocycles. The van der Waals surface area contributed by atoms with Crippen LogP contribution in [0.15, 0.2) is 48.1 Å². The first-order chi connectivity index (χ1) is 10.7. The van der Waals surface area contributed by atoms with Crippen LogP contribution in [0.25, 0.3) is 0 Å². The highest BCUT2D eigenvalue weighted by Crippen LogP contribution is 2.38. The number of terminal acetylenes is 2. The van der Waals surface area contributed by atoms with E-state index in [2.05, 4.69) is 30.1 Å². The molecule has 110 valence electrons. The fourth-order valence-electron chi connectivity index (χ4n) is 3.25. The van der Waals surface area contributed by atoms with Crippen LogP contribution in [0.3, 0.4) is 0 Å². The summed E-state index contributed by atoms with van der Waals surface area (Å²) in [5.41, 5.74) is 3.13. The van der Waals surface area contributed by atoms with E-state index in [-0.39, 0.29) is 18.0 Å². The molecule has 3 unspecified atom stereocenters. The molecule has 0 spiro atoms. The van der Waals surface area contributed by atoms with Crippen LogP contribution in [0, 0.1) is 30.6 Å². The highest BCUT2D eigenvalue weighted by molar-refractivity contribution is 5.37. The van der Waals surface area contributed by atoms with Gasteiger partial charge in [0.05, 0.1) is 12.1 Å². The normalized spacial score (nSPS) is 28.0. The van der Waals surface area contributed by atoms with Crippen LogP contribution in [0.4, 0.5) is 0 Å². The molecule has 0 bridgehead atoms. The molecule has 1 aliphatic heterocycles. The van der Waals surface area contributed by atoms with Crippen molar-refractivity contribution in [1.29, 1.82) is 0 Å². The summed E-state index contributed by atoms with van der Waals surface area (Å²) < 4.78 is 0. The van der Waals surface area contributed by atoms with Gasteiger partial charge in [-0.3, -0.25) is 0 Å². The van der Waals surface area contributed by atoms with Gasteiger partial charge in [-0.1, -0.05) is 42.2 Å². The van der Waals surface area contributed by atoms with Gasteiger partial charge in [0.1, 0.15) is 0 Å². The van der Waals surface area contributed by atoms with Gasteiger partial charge in [-0.15, -0.1) is 12.8 Å². The SMILES string of the molecule is C#Cc1ccc(C2CCC(C3=CCC(C#C)C=C3)N2O)cc1. The van der Waals surface area contributed by atoms with Gasteiger partial charge in [0.2, 0.25) is 0 Å². The summed E-state index contributed by atoms with van der Waals surface area (Å²) in [7, 11) is 0. The molecule has 0 radical (unpaired) electrons. The monoisotopic (exact) mass is 289 g/mol. The third kappa shape index (κ3) is 2.72. The van der Waals surface area contributed by atoms with Gasteiger partial charge >= 0.3 is 0 Å². The molecule has 1 saturated heterocycles. The van der Waals surface area contributed by atoms with Crippen molar-refractivity contribution in [3.63, 3.8) is 0 Å². The molecule has 0 aromatic heterocycles. The van der Waals surface area contributed by atoms with E-state index >= 15 is 0 Å². The Kier molecular flexibility index (Phi) is 4.16. The maximum absolute atomic E-state index is 10.6. The lowest BCUT2D eigenvalue weighted by Crippen LogP contribution is -2.29. The van der Waals surface area contributed by atoms with Crippen molar-refractivity contribution in [2.24, 2.45) is 5.92 Å². The van der Waals surface area contributed by atoms with E-state index in [1.807, 2.05) is 24.3 Å². The second-order valence-corrected chi connectivity index (χ2v) is 5.83. The van der Waals surface area contributed by atoms with Gasteiger partial charge in [-0.2, -0.15) is 5.06 Å². The van der Waals surface area contributed by atoms with Crippen LogP contribution in [-0.2, 0) is 0 Å². The molecule has 1 aromatic rings. The topological polar surface area (TPSA) is 23.5 Å². The fourth-order valence-corrected chi connectivity index (χ4v) is 3.25. The zero-order valence-corrected chi connectivity index (χ0v) is 12.4. The fraction of sp³-hybridized carbons (Fsp3) is 0.300. The molecule has 0 saturated carbocycles. The molecule has 2 aliphatic rings. The Balaban J connectivity index is 1.74. The first-order valence-electron chi connectivity index (χ1n) is 7.61. The second kappa shape index (κ2) is 6.24. The molecule has 22 heavy (non-hydrogen) atoms. The molecule has 1 N–H and O–H groups in total. The predicted molar refractivity (Wildman–Crippen MR) is 87.9 cm³/mol. The largest absolute Gasteiger partial charge is 0.313 e. The van der Waals surface area contributed by atoms with Crippen LogP contribution in [0.1, 0.15) is 36.4 Å². The molecule has 0 amide bonds. The molecule has 2 heteroatoms. The molecular weight excluding hydrogens is 270 g/mol. The Bertz CT molecular complexity index is 684. The number of hydrogen-bond donors (Lipinski definition) is 1. The Morgan fingerprint density at radius 2 is 1.82 bits per heavy atom. The summed E-state index contributed by atoms with van der Waals surface area (Å²) in [6, 6.07) is 7.93. The Labute approximate surface area is 132 Å². The Hall–Kier alpha value is -2.26. The van der Waals surface area contributed by atoms with E-state index in [1.165, 1.54) is 5.06 Å². The van der Waals surface area contributed by atoms with Crippen molar-refractivity contribution in [1.82, 2.24) is 5.06 Å². The van der Waals surface area contributed by atoms with E-state index < -0.39 is 0 Å². The van der Waals surface area contributed by atoms with Crippen LogP contribution in [0.2, 0.25) is 0 Å². The number of allylic oxidation sites excluding steroid dienone is 2. The highest BCUT2D eigenvalue weighted by Gasteiger charge is 2.35. The minimum Gasteiger partial charge on any atom is -0.313 e. The summed E-state index contributed by atoms with van der Waals surface area (Å²) in [6.45, 7) is 0. The van der Waals surface area contributed by atoms with Crippen molar-refractivity contribution in [3.05, 3.63) is 59.2 Å². The maximum atomic E-state index is 10.6. The Morgan fingerprint density at radius 3 is 2.41 bits per heavy atom. The first-order valence-corrected chi connectivity index (χ1v) is 7.61. The lowest BCUT2D eigenvalue weighted by atomic mass is 9.93. The standard InChI is InChI=1S/C20H19NO/c1-3-15-5-9-17(10-6-15)19-13-14-20(21(19)22)18-11-7-16(4-2)8-12-18/h1-2,5-7,9-12,16,19-20,22H,8,13-14H2. The number of nitrogens with zero attached hydrogens (tertiary/aromatic N) is 1. The molecule has 1 heterocycles. The highest BCUT2D eigenvalue weighted by atomic mass is 16.5. The van der Waals surface area contributed by atoms with Gasteiger partial charge in [-0.25, -0.2) is 0 Å². The average Bonchev–Trinajstić information content (AvgIpc) is 2.96. The molecular formula is C20H19NO. The van der Waals surface area contributed by atoms with Crippen LogP contribution >= 0.6 is 0 Å². The summed E-state index contributed by atoms with van der Waals surface area (Å²) in [6.07, 6.45) is 19.8. The third-order valence-electron chi connectivity index (χ3n) is 4.54. The number of benzene rings is 1. The van der Waals surface area contributed by atoms with Crippen molar-refractivity contribution in [2.75, 3.05) is 0 Å². The lowest BCUT2D eigenvalue weighted by Gasteiger charge is -2.26. The van der Waals surface area contributed by atoms with Crippen LogP contribution in [0.5, 0.6) is 0 Å². The molecule has 3 atom stereocenters. The van der Waals surface area contributed by atoms with Crippen molar-refractivity contribution >= 4 is 0 Å². The van der Waals surface area contributed by atoms with Crippen molar-refractivity contribution < 1.29 is 5.21 Å². The van der Waals surface area contributed by atoms with E-state index in [0.717, 1.165) is 36.0 Å². The van der Waals surface area contributed by atoms with E-state index in [9.17, 15) is 5.21 Å². The molecule has 1 aromatic carbocycles. The number of hydroxylamine groups is 2. The van der Waals surface area contributed by atoms with Crippen molar-refractivity contribution in [3.8, 4) is 24.7 Å². The van der Waals surface area contributed by atoms with Gasteiger partial charge < -0.3 is 5.21 Å². The second-order valence-electron chi connectivity index (χ2n) is 5.83. The smallest absolute Gasteiger partial charge is 0.0607 e. The quantitative estimate of drug-likeness (QED) is 0.839. The van der Waals surface area contributed by atoms with E-state index in [1.54, 1.807) is 0 Å². The average molecular weight is 289 g/mol. The van der Waals surface area contributed by atoms with E-state index in [4.69, 9.17) is 12.8 Å². The van der Waals surface area contributed by atoms with Gasteiger partial charge in [-0.05, 0) is 42.5 Å². The third-order valence-corrected chi connectivity index (χ3v) is 4.54. The summed E-state index contributed by atoms with van der Waals surface area (Å²) >= 11 is 0. The summed E-state index contributed by atoms with van der Waals surface area (Å²) in [5, 5.41) is 12.1. The Morgan fingerprint density at radius 1 is 1.09 bits per heavy atom. The zero-order chi connectivity index (χ0) is 15.5. The molecule has 3 rings (SSSR count). The zero-order valence-electron chi connectivity index (χ0n) is 12.4. The lowest BCUT2D eigenvalue weighted by molar-refractivity contribution is -0.125. The molecule has 1 fully saturated rings. The minimum absolute atomic E-state index is 0.0245. The van der Waals surface area contributed by atoms with Crippen molar-refractivity contribution in [2.45, 2.75) is 31.3 Å².